The lowest BCUT2D eigenvalue weighted by Gasteiger charge is -2.24. The van der Waals surface area contributed by atoms with Gasteiger partial charge in [0.25, 0.3) is 0 Å². The molecule has 0 bridgehead atoms. The summed E-state index contributed by atoms with van der Waals surface area (Å²) in [5, 5.41) is 6.74. The number of halogens is 5. The lowest BCUT2D eigenvalue weighted by molar-refractivity contribution is -0.123. The van der Waals surface area contributed by atoms with E-state index >= 15 is 0 Å². The lowest BCUT2D eigenvalue weighted by Crippen LogP contribution is -2.55. The zero-order chi connectivity index (χ0) is 20.2. The summed E-state index contributed by atoms with van der Waals surface area (Å²) in [5.74, 6) is -0.391. The molecular weight excluding hydrogens is 521 g/mol. The Kier molecular flexibility index (Phi) is 8.52. The fourth-order valence-electron chi connectivity index (χ4n) is 1.90. The average molecular weight is 529 g/mol. The number of nitrogens with zero attached hydrogens (tertiary/aromatic N) is 2. The Morgan fingerprint density at radius 1 is 1.15 bits per heavy atom. The van der Waals surface area contributed by atoms with E-state index in [9.17, 15) is 14.2 Å². The van der Waals surface area contributed by atoms with Gasteiger partial charge < -0.3 is 5.32 Å². The third kappa shape index (κ3) is 7.59. The lowest BCUT2D eigenvalue weighted by atomic mass is 10.1. The molecule has 1 fully saturated rings. The van der Waals surface area contributed by atoms with Gasteiger partial charge in [-0.05, 0) is 62.2 Å². The van der Waals surface area contributed by atoms with Gasteiger partial charge in [-0.15, -0.1) is 23.1 Å². The Labute approximate surface area is 185 Å². The summed E-state index contributed by atoms with van der Waals surface area (Å²) in [7, 11) is 0. The van der Waals surface area contributed by atoms with Gasteiger partial charge in [-0.1, -0.05) is 17.7 Å². The number of imide groups is 1. The first kappa shape index (κ1) is 23.0. The minimum atomic E-state index is -3.22. The van der Waals surface area contributed by atoms with Crippen molar-refractivity contribution in [2.24, 2.45) is 5.92 Å². The van der Waals surface area contributed by atoms with Crippen LogP contribution in [0.1, 0.15) is 0 Å². The van der Waals surface area contributed by atoms with Crippen molar-refractivity contribution in [2.75, 3.05) is 0 Å². The second kappa shape index (κ2) is 9.98. The van der Waals surface area contributed by atoms with Gasteiger partial charge in [-0.2, -0.15) is 0 Å². The van der Waals surface area contributed by atoms with Crippen LogP contribution in [0.25, 0.3) is 10.2 Å². The van der Waals surface area contributed by atoms with Crippen LogP contribution in [-0.4, -0.2) is 27.3 Å². The van der Waals surface area contributed by atoms with Crippen LogP contribution in [0.2, 0.25) is 10.4 Å². The second-order valence-corrected chi connectivity index (χ2v) is 14.0. The molecule has 15 heteroatoms. The third-order valence-corrected chi connectivity index (χ3v) is 5.18. The fourth-order valence-corrected chi connectivity index (χ4v) is 4.21. The molecule has 2 aromatic rings. The number of carbonyl (C=O) groups excluding carboxylic acids is 2. The minimum absolute atomic E-state index is 0.0868. The molecule has 146 valence electrons. The van der Waals surface area contributed by atoms with Gasteiger partial charge in [0.1, 0.15) is 9.98 Å². The van der Waals surface area contributed by atoms with Gasteiger partial charge in [-0.25, -0.2) is 14.8 Å². The summed E-state index contributed by atoms with van der Waals surface area (Å²) < 4.78 is 9.51. The van der Waals surface area contributed by atoms with Crippen LogP contribution >= 0.6 is 85.2 Å². The monoisotopic (exact) mass is 526 g/mol. The summed E-state index contributed by atoms with van der Waals surface area (Å²) in [5.41, 5.74) is 0. The Morgan fingerprint density at radius 3 is 2.48 bits per heavy atom. The maximum absolute atomic E-state index is 11.0. The topological polar surface area (TPSA) is 101 Å². The molecule has 1 saturated heterocycles. The SMILES string of the molecule is Clc1nc(Cl)c2ccsc2n1.O=C1NC(=O)C2C=CSC2N1.O=P(Cl)(Cl)Cl. The molecule has 2 aliphatic rings. The van der Waals surface area contributed by atoms with E-state index in [4.69, 9.17) is 23.2 Å². The number of nitrogens with one attached hydrogen (secondary N) is 2. The fraction of sp³-hybridized carbons (Fsp3) is 0.167. The molecule has 2 aliphatic heterocycles. The molecule has 4 heterocycles. The summed E-state index contributed by atoms with van der Waals surface area (Å²) >= 11 is 28.2. The average Bonchev–Trinajstić information content (AvgIpc) is 3.14. The molecule has 0 aliphatic carbocycles. The predicted molar refractivity (Wildman–Crippen MR) is 113 cm³/mol. The number of hydrogen-bond donors (Lipinski definition) is 2. The van der Waals surface area contributed by atoms with Crippen LogP contribution in [0.4, 0.5) is 4.79 Å². The highest BCUT2D eigenvalue weighted by Gasteiger charge is 2.36. The van der Waals surface area contributed by atoms with Gasteiger partial charge >= 0.3 is 11.2 Å². The number of rotatable bonds is 0. The smallest absolute Gasteiger partial charge is 0.325 e. The first-order valence-electron chi connectivity index (χ1n) is 6.73. The molecular formula is C12H8Cl5N4O3PS2. The summed E-state index contributed by atoms with van der Waals surface area (Å²) in [4.78, 5) is 30.4. The molecule has 4 rings (SSSR count). The summed E-state index contributed by atoms with van der Waals surface area (Å²) in [6, 6.07) is 1.48. The number of fused-ring (bicyclic) bond motifs is 2. The zero-order valence-corrected chi connectivity index (χ0v) is 19.0. The maximum atomic E-state index is 11.0. The van der Waals surface area contributed by atoms with Gasteiger partial charge in [0.05, 0.1) is 11.3 Å². The molecule has 3 amide bonds. The van der Waals surface area contributed by atoms with Crippen LogP contribution < -0.4 is 10.6 Å². The van der Waals surface area contributed by atoms with Crippen LogP contribution in [-0.2, 0) is 9.36 Å². The maximum Gasteiger partial charge on any atom is 0.339 e. The number of thioether (sulfide) groups is 1. The third-order valence-electron chi connectivity index (χ3n) is 2.90. The second-order valence-electron chi connectivity index (χ2n) is 4.70. The minimum Gasteiger partial charge on any atom is -0.325 e. The zero-order valence-electron chi connectivity index (χ0n) is 12.7. The predicted octanol–water partition coefficient (Wildman–Crippen LogP) is 5.84. The highest BCUT2D eigenvalue weighted by atomic mass is 36.0. The Hall–Kier alpha value is -0.250. The molecule has 2 atom stereocenters. The number of urea groups is 1. The van der Waals surface area contributed by atoms with Gasteiger partial charge in [0, 0.05) is 5.39 Å². The molecule has 0 aromatic carbocycles. The number of hydrogen-bond acceptors (Lipinski definition) is 7. The van der Waals surface area contributed by atoms with Gasteiger partial charge in [-0.3, -0.25) is 14.7 Å². The van der Waals surface area contributed by atoms with E-state index in [0.29, 0.717) is 5.15 Å². The standard InChI is InChI=1S/C6H2Cl2N2S.C6H6N2O2S.Cl3OP/c7-4-3-1-2-11-5(3)10-6(8)9-4;9-4-3-1-2-11-5(3)8-6(10)7-4;1-5(2,3)4/h1-2H;1-3,5H,(H2,7,8,9,10);. The molecule has 0 radical (unpaired) electrons. The van der Waals surface area contributed by atoms with Crippen molar-refractivity contribution in [2.45, 2.75) is 5.37 Å². The van der Waals surface area contributed by atoms with Crippen LogP contribution in [0.15, 0.2) is 22.9 Å². The van der Waals surface area contributed by atoms with E-state index in [1.165, 1.54) is 23.1 Å². The highest BCUT2D eigenvalue weighted by Crippen LogP contribution is 2.61. The molecule has 7 nitrogen and oxygen atoms in total. The number of carbonyl (C=O) groups is 2. The molecule has 27 heavy (non-hydrogen) atoms. The Morgan fingerprint density at radius 2 is 1.81 bits per heavy atom. The normalized spacial score (nSPS) is 20.6. The van der Waals surface area contributed by atoms with Crippen molar-refractivity contribution in [1.82, 2.24) is 20.6 Å². The summed E-state index contributed by atoms with van der Waals surface area (Å²) in [6.45, 7) is 0. The van der Waals surface area contributed by atoms with E-state index in [0.717, 1.165) is 10.2 Å². The number of thiophene rings is 1. The van der Waals surface area contributed by atoms with Crippen molar-refractivity contribution in [3.8, 4) is 0 Å². The summed E-state index contributed by atoms with van der Waals surface area (Å²) in [6.07, 6.45) is 1.80. The van der Waals surface area contributed by atoms with E-state index in [2.05, 4.69) is 54.3 Å². The van der Waals surface area contributed by atoms with Gasteiger partial charge in [0.15, 0.2) is 0 Å². The van der Waals surface area contributed by atoms with Crippen LogP contribution in [0, 0.1) is 5.92 Å². The van der Waals surface area contributed by atoms with E-state index in [1.54, 1.807) is 6.08 Å². The molecule has 0 spiro atoms. The Balaban J connectivity index is 0.000000157. The Bertz CT molecular complexity index is 929. The van der Waals surface area contributed by atoms with E-state index in [-0.39, 0.29) is 22.5 Å². The largest absolute Gasteiger partial charge is 0.339 e. The van der Waals surface area contributed by atoms with Crippen molar-refractivity contribution in [3.05, 3.63) is 33.4 Å². The first-order valence-corrected chi connectivity index (χ1v) is 13.7. The molecule has 2 aromatic heterocycles. The highest BCUT2D eigenvalue weighted by molar-refractivity contribution is 8.24. The molecule has 2 N–H and O–H groups in total. The molecule has 0 saturated carbocycles. The van der Waals surface area contributed by atoms with Crippen molar-refractivity contribution in [1.29, 1.82) is 0 Å². The van der Waals surface area contributed by atoms with E-state index in [1.807, 2.05) is 16.9 Å². The first-order chi connectivity index (χ1) is 12.5. The number of aromatic nitrogens is 2. The quantitative estimate of drug-likeness (QED) is 0.253. The number of amides is 3. The molecule has 2 unspecified atom stereocenters. The van der Waals surface area contributed by atoms with E-state index < -0.39 is 11.2 Å². The van der Waals surface area contributed by atoms with Crippen molar-refractivity contribution >= 4 is 107 Å². The van der Waals surface area contributed by atoms with Crippen molar-refractivity contribution in [3.63, 3.8) is 0 Å². The van der Waals surface area contributed by atoms with Crippen LogP contribution in [0.5, 0.6) is 0 Å². The van der Waals surface area contributed by atoms with Crippen LogP contribution in [0.3, 0.4) is 0 Å². The van der Waals surface area contributed by atoms with Gasteiger partial charge in [0.2, 0.25) is 11.2 Å². The van der Waals surface area contributed by atoms with Crippen molar-refractivity contribution < 1.29 is 14.2 Å².